The molecule has 0 aliphatic rings. The van der Waals surface area contributed by atoms with Gasteiger partial charge in [0.15, 0.2) is 9.93 Å². The van der Waals surface area contributed by atoms with E-state index >= 15 is 0 Å². The molecule has 2 heterocycles. The fraction of sp³-hybridized carbons (Fsp3) is 0.0909. The van der Waals surface area contributed by atoms with E-state index in [1.165, 1.54) is 58.8 Å². The van der Waals surface area contributed by atoms with Crippen LogP contribution in [0.25, 0.3) is 16.3 Å². The van der Waals surface area contributed by atoms with Gasteiger partial charge in [-0.25, -0.2) is 9.37 Å². The van der Waals surface area contributed by atoms with E-state index in [0.717, 1.165) is 10.2 Å². The lowest BCUT2D eigenvalue weighted by atomic mass is 10.3. The Morgan fingerprint density at radius 2 is 1.90 bits per heavy atom. The van der Waals surface area contributed by atoms with E-state index < -0.39 is 11.7 Å². The molecule has 0 atom stereocenters. The standard InChI is InChI=1S/C22H17FN4O2S2/c1-14(28)27(17-8-4-3-7-16(17)23)22-24-15(13-30-22)11-12-20(29)25-21-26(2)18-9-5-6-10-19(18)31-21/h3-13H,1-2H3. The molecule has 0 unspecified atom stereocenters. The smallest absolute Gasteiger partial charge is 0.272 e. The quantitative estimate of drug-likeness (QED) is 0.423. The fourth-order valence-electron chi connectivity index (χ4n) is 2.97. The Kier molecular flexibility index (Phi) is 5.88. The van der Waals surface area contributed by atoms with Crippen LogP contribution < -0.4 is 9.70 Å². The van der Waals surface area contributed by atoms with Gasteiger partial charge in [0.05, 0.1) is 21.6 Å². The van der Waals surface area contributed by atoms with Gasteiger partial charge >= 0.3 is 0 Å². The fourth-order valence-corrected chi connectivity index (χ4v) is 4.84. The van der Waals surface area contributed by atoms with Gasteiger partial charge in [0.2, 0.25) is 5.91 Å². The number of aromatic nitrogens is 2. The van der Waals surface area contributed by atoms with Crippen LogP contribution >= 0.6 is 22.7 Å². The van der Waals surface area contributed by atoms with Crippen molar-refractivity contribution in [2.45, 2.75) is 6.92 Å². The number of nitrogens with zero attached hydrogens (tertiary/aromatic N) is 4. The Bertz CT molecular complexity index is 1380. The highest BCUT2D eigenvalue weighted by molar-refractivity contribution is 7.16. The first-order valence-corrected chi connectivity index (χ1v) is 11.0. The lowest BCUT2D eigenvalue weighted by Crippen LogP contribution is -2.23. The molecule has 0 aliphatic heterocycles. The second-order valence-corrected chi connectivity index (χ2v) is 8.40. The Morgan fingerprint density at radius 1 is 1.16 bits per heavy atom. The van der Waals surface area contributed by atoms with Crippen molar-refractivity contribution in [1.82, 2.24) is 9.55 Å². The number of anilines is 2. The molecule has 0 aliphatic carbocycles. The predicted octanol–water partition coefficient (Wildman–Crippen LogP) is 4.66. The molecule has 2 aromatic carbocycles. The number of amides is 2. The van der Waals surface area contributed by atoms with Crippen LogP contribution in [0.2, 0.25) is 0 Å². The van der Waals surface area contributed by atoms with Crippen LogP contribution in [0.5, 0.6) is 0 Å². The zero-order valence-corrected chi connectivity index (χ0v) is 18.3. The number of hydrogen-bond donors (Lipinski definition) is 0. The second kappa shape index (κ2) is 8.75. The average molecular weight is 453 g/mol. The number of carbonyl (C=O) groups excluding carboxylic acids is 2. The minimum atomic E-state index is -0.518. The van der Waals surface area contributed by atoms with E-state index in [9.17, 15) is 14.0 Å². The molecule has 0 spiro atoms. The summed E-state index contributed by atoms with van der Waals surface area (Å²) in [6, 6.07) is 13.8. The maximum atomic E-state index is 14.2. The lowest BCUT2D eigenvalue weighted by molar-refractivity contribution is -0.116. The summed E-state index contributed by atoms with van der Waals surface area (Å²) in [7, 11) is 1.86. The summed E-state index contributed by atoms with van der Waals surface area (Å²) in [6.45, 7) is 1.34. The molecule has 0 radical (unpaired) electrons. The molecule has 2 amide bonds. The summed E-state index contributed by atoms with van der Waals surface area (Å²) in [5, 5.41) is 2.01. The number of para-hydroxylation sites is 2. The second-order valence-electron chi connectivity index (χ2n) is 6.56. The van der Waals surface area contributed by atoms with E-state index in [1.807, 2.05) is 35.9 Å². The van der Waals surface area contributed by atoms with E-state index in [1.54, 1.807) is 17.5 Å². The van der Waals surface area contributed by atoms with Gasteiger partial charge in [-0.05, 0) is 30.3 Å². The van der Waals surface area contributed by atoms with Crippen LogP contribution in [-0.2, 0) is 16.6 Å². The molecule has 4 aromatic rings. The van der Waals surface area contributed by atoms with Crippen LogP contribution in [-0.4, -0.2) is 21.4 Å². The topological polar surface area (TPSA) is 67.6 Å². The van der Waals surface area contributed by atoms with Gasteiger partial charge < -0.3 is 4.57 Å². The maximum absolute atomic E-state index is 14.2. The van der Waals surface area contributed by atoms with Crippen molar-refractivity contribution in [3.63, 3.8) is 0 Å². The molecule has 0 saturated heterocycles. The van der Waals surface area contributed by atoms with E-state index in [-0.39, 0.29) is 11.6 Å². The van der Waals surface area contributed by atoms with Crippen LogP contribution in [0.3, 0.4) is 0 Å². The number of aryl methyl sites for hydroxylation is 1. The summed E-state index contributed by atoms with van der Waals surface area (Å²) < 4.78 is 17.1. The largest absolute Gasteiger partial charge is 0.319 e. The zero-order chi connectivity index (χ0) is 22.0. The Balaban J connectivity index is 1.58. The number of halogens is 1. The van der Waals surface area contributed by atoms with E-state index in [0.29, 0.717) is 15.6 Å². The highest BCUT2D eigenvalue weighted by Crippen LogP contribution is 2.31. The van der Waals surface area contributed by atoms with Gasteiger partial charge in [-0.1, -0.05) is 35.6 Å². The van der Waals surface area contributed by atoms with Crippen LogP contribution in [0, 0.1) is 5.82 Å². The van der Waals surface area contributed by atoms with Gasteiger partial charge in [0, 0.05) is 25.4 Å². The van der Waals surface area contributed by atoms with Crippen LogP contribution in [0.1, 0.15) is 12.6 Å². The van der Waals surface area contributed by atoms with Gasteiger partial charge in [-0.2, -0.15) is 4.99 Å². The molecule has 31 heavy (non-hydrogen) atoms. The average Bonchev–Trinajstić information content (AvgIpc) is 3.33. The summed E-state index contributed by atoms with van der Waals surface area (Å²) >= 11 is 2.62. The highest BCUT2D eigenvalue weighted by Gasteiger charge is 2.20. The van der Waals surface area contributed by atoms with E-state index in [2.05, 4.69) is 9.98 Å². The molecule has 0 saturated carbocycles. The molecular formula is C22H17FN4O2S2. The zero-order valence-electron chi connectivity index (χ0n) is 16.7. The van der Waals surface area contributed by atoms with Gasteiger partial charge in [0.25, 0.3) is 5.91 Å². The molecule has 0 bridgehead atoms. The number of benzene rings is 2. The van der Waals surface area contributed by atoms with Crippen LogP contribution in [0.4, 0.5) is 15.2 Å². The number of carbonyl (C=O) groups is 2. The first-order chi connectivity index (χ1) is 14.9. The number of fused-ring (bicyclic) bond motifs is 1. The molecule has 9 heteroatoms. The van der Waals surface area contributed by atoms with Gasteiger partial charge in [-0.15, -0.1) is 11.3 Å². The normalized spacial score (nSPS) is 12.0. The Labute approximate surface area is 185 Å². The highest BCUT2D eigenvalue weighted by atomic mass is 32.1. The van der Waals surface area contributed by atoms with Crippen molar-refractivity contribution in [3.8, 4) is 0 Å². The SMILES string of the molecule is CC(=O)N(c1nc(C=CC(=O)N=c2sc3ccccc3n2C)cs1)c1ccccc1F. The Hall–Kier alpha value is -3.43. The van der Waals surface area contributed by atoms with E-state index in [4.69, 9.17) is 0 Å². The van der Waals surface area contributed by atoms with Crippen molar-refractivity contribution in [2.75, 3.05) is 4.90 Å². The molecule has 6 nitrogen and oxygen atoms in total. The van der Waals surface area contributed by atoms with Crippen molar-refractivity contribution in [1.29, 1.82) is 0 Å². The molecular weight excluding hydrogens is 435 g/mol. The van der Waals surface area contributed by atoms with Crippen molar-refractivity contribution < 1.29 is 14.0 Å². The summed E-state index contributed by atoms with van der Waals surface area (Å²) in [5.41, 5.74) is 1.61. The lowest BCUT2D eigenvalue weighted by Gasteiger charge is -2.18. The monoisotopic (exact) mass is 452 g/mol. The molecule has 0 N–H and O–H groups in total. The van der Waals surface area contributed by atoms with Crippen molar-refractivity contribution in [3.05, 3.63) is 76.3 Å². The molecule has 4 rings (SSSR count). The molecule has 156 valence electrons. The number of hydrogen-bond acceptors (Lipinski definition) is 5. The number of rotatable bonds is 4. The third-order valence-electron chi connectivity index (χ3n) is 4.43. The summed E-state index contributed by atoms with van der Waals surface area (Å²) in [5.74, 6) is -1.30. The van der Waals surface area contributed by atoms with Crippen LogP contribution in [0.15, 0.2) is 65.0 Å². The summed E-state index contributed by atoms with van der Waals surface area (Å²) in [4.78, 5) is 34.8. The third kappa shape index (κ3) is 4.37. The molecule has 0 fully saturated rings. The maximum Gasteiger partial charge on any atom is 0.272 e. The van der Waals surface area contributed by atoms with Gasteiger partial charge in [-0.3, -0.25) is 14.5 Å². The Morgan fingerprint density at radius 3 is 2.65 bits per heavy atom. The van der Waals surface area contributed by atoms with Crippen molar-refractivity contribution in [2.24, 2.45) is 12.0 Å². The number of thiazole rings is 2. The molecule has 2 aromatic heterocycles. The van der Waals surface area contributed by atoms with Crippen molar-refractivity contribution >= 4 is 61.6 Å². The predicted molar refractivity (Wildman–Crippen MR) is 122 cm³/mol. The minimum absolute atomic E-state index is 0.128. The first kappa shape index (κ1) is 20.8. The minimum Gasteiger partial charge on any atom is -0.319 e. The summed E-state index contributed by atoms with van der Waals surface area (Å²) in [6.07, 6.45) is 2.85. The van der Waals surface area contributed by atoms with Gasteiger partial charge in [0.1, 0.15) is 5.82 Å². The first-order valence-electron chi connectivity index (χ1n) is 9.26. The third-order valence-corrected chi connectivity index (χ3v) is 6.38.